The van der Waals surface area contributed by atoms with Crippen molar-refractivity contribution >= 4 is 17.2 Å². The van der Waals surface area contributed by atoms with Gasteiger partial charge in [0, 0.05) is 12.4 Å². The molecule has 0 aliphatic rings. The van der Waals surface area contributed by atoms with E-state index in [2.05, 4.69) is 20.2 Å². The van der Waals surface area contributed by atoms with Gasteiger partial charge in [0.05, 0.1) is 12.6 Å². The largest absolute Gasteiger partial charge is 0.333 e. The van der Waals surface area contributed by atoms with Crippen molar-refractivity contribution in [3.63, 3.8) is 0 Å². The van der Waals surface area contributed by atoms with Crippen LogP contribution in [0.1, 0.15) is 34.3 Å². The first-order valence-electron chi connectivity index (χ1n) is 5.38. The lowest BCUT2D eigenvalue weighted by Crippen LogP contribution is -2.27. The molecule has 0 saturated carbocycles. The molecule has 8 heteroatoms. The summed E-state index contributed by atoms with van der Waals surface area (Å²) in [5.74, 6) is 0.475. The third-order valence-electron chi connectivity index (χ3n) is 2.33. The van der Waals surface area contributed by atoms with Gasteiger partial charge in [-0.2, -0.15) is 5.10 Å². The number of amides is 1. The van der Waals surface area contributed by atoms with E-state index in [-0.39, 0.29) is 11.9 Å². The molecule has 7 nitrogen and oxygen atoms in total. The molecule has 0 aliphatic carbocycles. The average Bonchev–Trinajstić information content (AvgIpc) is 2.98. The zero-order chi connectivity index (χ0) is 13.1. The minimum atomic E-state index is -0.158. The molecule has 1 atom stereocenters. The third kappa shape index (κ3) is 2.71. The van der Waals surface area contributed by atoms with Crippen molar-refractivity contribution < 1.29 is 4.79 Å². The van der Waals surface area contributed by atoms with Gasteiger partial charge in [-0.15, -0.1) is 11.3 Å². The zero-order valence-corrected chi connectivity index (χ0v) is 10.9. The Labute approximate surface area is 108 Å². The predicted octanol–water partition coefficient (Wildman–Crippen LogP) is 0.553. The normalized spacial score (nSPS) is 12.4. The number of nitrogens with two attached hydrogens (primary N) is 1. The first kappa shape index (κ1) is 12.7. The molecule has 18 heavy (non-hydrogen) atoms. The minimum absolute atomic E-state index is 0.156. The van der Waals surface area contributed by atoms with Gasteiger partial charge >= 0.3 is 0 Å². The molecule has 0 saturated heterocycles. The number of H-pyrrole nitrogens is 1. The Balaban J connectivity index is 2.05. The van der Waals surface area contributed by atoms with Gasteiger partial charge in [-0.25, -0.2) is 9.97 Å². The number of nitrogens with zero attached hydrogens (tertiary/aromatic N) is 4. The van der Waals surface area contributed by atoms with E-state index in [0.717, 1.165) is 5.01 Å². The molecule has 3 N–H and O–H groups in total. The number of hydrogen-bond acceptors (Lipinski definition) is 6. The van der Waals surface area contributed by atoms with Gasteiger partial charge in [0.1, 0.15) is 22.9 Å². The van der Waals surface area contributed by atoms with Gasteiger partial charge in [0.15, 0.2) is 0 Å². The van der Waals surface area contributed by atoms with Crippen molar-refractivity contribution in [3.8, 4) is 0 Å². The number of aromatic nitrogens is 4. The maximum absolute atomic E-state index is 12.1. The summed E-state index contributed by atoms with van der Waals surface area (Å²) in [6, 6.07) is -0.156. The fourth-order valence-electron chi connectivity index (χ4n) is 1.39. The summed E-state index contributed by atoms with van der Waals surface area (Å²) in [7, 11) is 1.69. The van der Waals surface area contributed by atoms with Crippen LogP contribution in [0.25, 0.3) is 0 Å². The molecule has 1 unspecified atom stereocenters. The summed E-state index contributed by atoms with van der Waals surface area (Å²) in [6.45, 7) is 2.20. The van der Waals surface area contributed by atoms with Crippen molar-refractivity contribution in [1.29, 1.82) is 0 Å². The number of aromatic amines is 1. The molecule has 0 bridgehead atoms. The highest BCUT2D eigenvalue weighted by Gasteiger charge is 2.17. The molecular formula is C10H14N6OS. The van der Waals surface area contributed by atoms with Gasteiger partial charge in [0.25, 0.3) is 5.91 Å². The monoisotopic (exact) mass is 266 g/mol. The summed E-state index contributed by atoms with van der Waals surface area (Å²) in [4.78, 5) is 21.8. The Bertz CT molecular complexity index is 520. The second kappa shape index (κ2) is 5.23. The lowest BCUT2D eigenvalue weighted by molar-refractivity contribution is 0.0776. The van der Waals surface area contributed by atoms with Crippen LogP contribution in [0, 0.1) is 0 Å². The lowest BCUT2D eigenvalue weighted by Gasteiger charge is -2.13. The highest BCUT2D eigenvalue weighted by Crippen LogP contribution is 2.17. The van der Waals surface area contributed by atoms with Crippen LogP contribution in [-0.2, 0) is 6.54 Å². The Kier molecular flexibility index (Phi) is 3.68. The molecule has 2 rings (SSSR count). The van der Waals surface area contributed by atoms with Crippen molar-refractivity contribution in [1.82, 2.24) is 25.1 Å². The number of nitrogens with one attached hydrogen (secondary N) is 1. The van der Waals surface area contributed by atoms with Gasteiger partial charge in [0.2, 0.25) is 0 Å². The van der Waals surface area contributed by atoms with Gasteiger partial charge in [-0.1, -0.05) is 0 Å². The molecule has 0 aliphatic heterocycles. The van der Waals surface area contributed by atoms with E-state index >= 15 is 0 Å². The summed E-state index contributed by atoms with van der Waals surface area (Å²) in [5.41, 5.74) is 6.12. The summed E-state index contributed by atoms with van der Waals surface area (Å²) >= 11 is 1.39. The predicted molar refractivity (Wildman–Crippen MR) is 66.9 cm³/mol. The van der Waals surface area contributed by atoms with Crippen LogP contribution >= 0.6 is 11.3 Å². The molecule has 0 radical (unpaired) electrons. The zero-order valence-electron chi connectivity index (χ0n) is 10.1. The van der Waals surface area contributed by atoms with Crippen LogP contribution in [0.4, 0.5) is 0 Å². The first-order valence-corrected chi connectivity index (χ1v) is 6.26. The fraction of sp³-hybridized carbons (Fsp3) is 0.400. The quantitative estimate of drug-likeness (QED) is 0.841. The highest BCUT2D eigenvalue weighted by molar-refractivity contribution is 7.09. The van der Waals surface area contributed by atoms with Crippen molar-refractivity contribution in [2.45, 2.75) is 19.5 Å². The van der Waals surface area contributed by atoms with Crippen LogP contribution in [-0.4, -0.2) is 38.0 Å². The van der Waals surface area contributed by atoms with E-state index < -0.39 is 0 Å². The fourth-order valence-corrected chi connectivity index (χ4v) is 2.15. The molecule has 0 spiro atoms. The summed E-state index contributed by atoms with van der Waals surface area (Å²) < 4.78 is 0. The molecule has 0 fully saturated rings. The Morgan fingerprint density at radius 2 is 2.44 bits per heavy atom. The smallest absolute Gasteiger partial charge is 0.273 e. The highest BCUT2D eigenvalue weighted by atomic mass is 32.1. The van der Waals surface area contributed by atoms with Crippen LogP contribution in [0.2, 0.25) is 0 Å². The molecule has 96 valence electrons. The lowest BCUT2D eigenvalue weighted by atomic mass is 10.3. The topological polar surface area (TPSA) is 101 Å². The van der Waals surface area contributed by atoms with Gasteiger partial charge in [-0.3, -0.25) is 9.89 Å². The molecule has 1 amide bonds. The van der Waals surface area contributed by atoms with Crippen molar-refractivity contribution in [3.05, 3.63) is 28.2 Å². The van der Waals surface area contributed by atoms with E-state index in [4.69, 9.17) is 5.73 Å². The van der Waals surface area contributed by atoms with Crippen molar-refractivity contribution in [2.75, 3.05) is 7.05 Å². The number of carbonyl (C=O) groups excluding carboxylic acids is 1. The van der Waals surface area contributed by atoms with Crippen LogP contribution in [0.15, 0.2) is 11.7 Å². The standard InChI is InChI=1S/C10H14N6OS/c1-6(11)9-14-7(4-18-9)10(17)16(2)3-8-12-5-13-15-8/h4-6H,3,11H2,1-2H3,(H,12,13,15). The Morgan fingerprint density at radius 3 is 3.00 bits per heavy atom. The maximum atomic E-state index is 12.1. The van der Waals surface area contributed by atoms with Crippen LogP contribution < -0.4 is 5.73 Å². The Morgan fingerprint density at radius 1 is 1.67 bits per heavy atom. The minimum Gasteiger partial charge on any atom is -0.333 e. The van der Waals surface area contributed by atoms with Crippen LogP contribution in [0.5, 0.6) is 0 Å². The van der Waals surface area contributed by atoms with Crippen LogP contribution in [0.3, 0.4) is 0 Å². The SMILES string of the molecule is CC(N)c1nc(C(=O)N(C)Cc2ncn[nH]2)cs1. The number of hydrogen-bond donors (Lipinski definition) is 2. The summed E-state index contributed by atoms with van der Waals surface area (Å²) in [6.07, 6.45) is 1.41. The molecular weight excluding hydrogens is 252 g/mol. The number of thiazole rings is 1. The van der Waals surface area contributed by atoms with E-state index in [9.17, 15) is 4.79 Å². The van der Waals surface area contributed by atoms with E-state index in [1.807, 2.05) is 6.92 Å². The molecule has 2 heterocycles. The third-order valence-corrected chi connectivity index (χ3v) is 3.37. The van der Waals surface area contributed by atoms with Gasteiger partial charge in [-0.05, 0) is 6.92 Å². The molecule has 2 aromatic heterocycles. The summed E-state index contributed by atoms with van der Waals surface area (Å²) in [5, 5.41) is 8.91. The first-order chi connectivity index (χ1) is 8.58. The second-order valence-corrected chi connectivity index (χ2v) is 4.84. The Hall–Kier alpha value is -1.80. The number of carbonyl (C=O) groups is 1. The average molecular weight is 266 g/mol. The van der Waals surface area contributed by atoms with Gasteiger partial charge < -0.3 is 10.6 Å². The maximum Gasteiger partial charge on any atom is 0.273 e. The van der Waals surface area contributed by atoms with E-state index in [0.29, 0.717) is 18.1 Å². The second-order valence-electron chi connectivity index (χ2n) is 3.95. The molecule has 0 aromatic carbocycles. The van der Waals surface area contributed by atoms with Crippen molar-refractivity contribution in [2.24, 2.45) is 5.73 Å². The molecule has 2 aromatic rings. The van der Waals surface area contributed by atoms with E-state index in [1.54, 1.807) is 12.4 Å². The number of rotatable bonds is 4. The van der Waals surface area contributed by atoms with E-state index in [1.165, 1.54) is 22.6 Å².